The normalized spacial score (nSPS) is 10.5. The van der Waals surface area contributed by atoms with Gasteiger partial charge >= 0.3 is 0 Å². The molecule has 0 aliphatic heterocycles. The molecule has 0 saturated heterocycles. The topological polar surface area (TPSA) is 79.8 Å². The van der Waals surface area contributed by atoms with Gasteiger partial charge in [0, 0.05) is 25.0 Å². The van der Waals surface area contributed by atoms with E-state index in [1.807, 2.05) is 38.1 Å². The number of anilines is 2. The predicted molar refractivity (Wildman–Crippen MR) is 106 cm³/mol. The number of halogens is 1. The van der Waals surface area contributed by atoms with Crippen molar-refractivity contribution in [1.82, 2.24) is 20.3 Å². The summed E-state index contributed by atoms with van der Waals surface area (Å²) < 4.78 is 0. The van der Waals surface area contributed by atoms with Gasteiger partial charge in [0.1, 0.15) is 17.3 Å². The minimum atomic E-state index is -0.271. The smallest absolute Gasteiger partial charge is 0.270 e. The first-order valence-corrected chi connectivity index (χ1v) is 8.87. The first-order chi connectivity index (χ1) is 12.9. The Morgan fingerprint density at radius 2 is 1.81 bits per heavy atom. The third kappa shape index (κ3) is 4.80. The zero-order valence-electron chi connectivity index (χ0n) is 15.4. The van der Waals surface area contributed by atoms with Gasteiger partial charge in [-0.15, -0.1) is 0 Å². The van der Waals surface area contributed by atoms with Crippen LogP contribution in [0.5, 0.6) is 0 Å². The Morgan fingerprint density at radius 3 is 2.52 bits per heavy atom. The number of pyridine rings is 1. The van der Waals surface area contributed by atoms with Crippen molar-refractivity contribution in [3.8, 4) is 0 Å². The van der Waals surface area contributed by atoms with Crippen LogP contribution in [0.2, 0.25) is 5.02 Å². The number of hydrogen-bond donors (Lipinski definition) is 2. The Balaban J connectivity index is 1.79. The van der Waals surface area contributed by atoms with Crippen molar-refractivity contribution in [2.75, 3.05) is 5.32 Å². The number of benzene rings is 1. The third-order valence-corrected chi connectivity index (χ3v) is 4.26. The highest BCUT2D eigenvalue weighted by Crippen LogP contribution is 2.29. The maximum absolute atomic E-state index is 12.5. The zero-order chi connectivity index (χ0) is 19.4. The Hall–Kier alpha value is -2.99. The maximum atomic E-state index is 12.5. The van der Waals surface area contributed by atoms with Gasteiger partial charge in [0.25, 0.3) is 5.91 Å². The van der Waals surface area contributed by atoms with Crippen molar-refractivity contribution >= 4 is 29.0 Å². The lowest BCUT2D eigenvalue weighted by Gasteiger charge is -2.13. The third-order valence-electron chi connectivity index (χ3n) is 3.96. The molecule has 0 atom stereocenters. The lowest BCUT2D eigenvalue weighted by atomic mass is 10.1. The summed E-state index contributed by atoms with van der Waals surface area (Å²) in [5, 5.41) is 6.66. The largest absolute Gasteiger partial charge is 0.347 e. The van der Waals surface area contributed by atoms with Gasteiger partial charge in [-0.3, -0.25) is 9.78 Å². The van der Waals surface area contributed by atoms with Crippen LogP contribution in [-0.4, -0.2) is 20.9 Å². The fourth-order valence-electron chi connectivity index (χ4n) is 2.72. The number of amides is 1. The second-order valence-corrected chi connectivity index (χ2v) is 6.69. The van der Waals surface area contributed by atoms with Crippen molar-refractivity contribution < 1.29 is 4.79 Å². The van der Waals surface area contributed by atoms with Crippen LogP contribution in [0.25, 0.3) is 0 Å². The average molecular weight is 382 g/mol. The molecular formula is C20H20ClN5O. The van der Waals surface area contributed by atoms with E-state index in [4.69, 9.17) is 11.6 Å². The van der Waals surface area contributed by atoms with E-state index < -0.39 is 0 Å². The van der Waals surface area contributed by atoms with Gasteiger partial charge in [0.05, 0.1) is 10.7 Å². The number of aryl methyl sites for hydroxylation is 3. The molecule has 6 nitrogen and oxygen atoms in total. The van der Waals surface area contributed by atoms with E-state index in [1.165, 1.54) is 0 Å². The zero-order valence-corrected chi connectivity index (χ0v) is 16.1. The Morgan fingerprint density at radius 1 is 1.07 bits per heavy atom. The molecule has 0 aliphatic carbocycles. The van der Waals surface area contributed by atoms with Crippen LogP contribution in [0.1, 0.15) is 33.0 Å². The summed E-state index contributed by atoms with van der Waals surface area (Å²) in [5.74, 6) is 0.743. The number of aromatic nitrogens is 3. The standard InChI is InChI=1S/C20H20ClN5O/c1-12-8-13(2)19(16(21)9-12)26-18-10-17(24-14(3)25-18)20(27)23-11-15-4-6-22-7-5-15/h4-10H,11H2,1-3H3,(H,23,27)(H,24,25,26). The van der Waals surface area contributed by atoms with Crippen LogP contribution >= 0.6 is 11.6 Å². The van der Waals surface area contributed by atoms with Crippen LogP contribution in [-0.2, 0) is 6.54 Å². The van der Waals surface area contributed by atoms with Gasteiger partial charge in [0.2, 0.25) is 0 Å². The summed E-state index contributed by atoms with van der Waals surface area (Å²) in [7, 11) is 0. The molecule has 2 N–H and O–H groups in total. The average Bonchev–Trinajstić information content (AvgIpc) is 2.63. The highest BCUT2D eigenvalue weighted by molar-refractivity contribution is 6.33. The lowest BCUT2D eigenvalue weighted by molar-refractivity contribution is 0.0945. The SMILES string of the molecule is Cc1cc(C)c(Nc2cc(C(=O)NCc3ccncc3)nc(C)n2)c(Cl)c1. The van der Waals surface area contributed by atoms with Crippen LogP contribution < -0.4 is 10.6 Å². The molecular weight excluding hydrogens is 362 g/mol. The Labute approximate surface area is 163 Å². The number of nitrogens with one attached hydrogen (secondary N) is 2. The van der Waals surface area contributed by atoms with Crippen molar-refractivity contribution in [2.45, 2.75) is 27.3 Å². The minimum absolute atomic E-state index is 0.271. The summed E-state index contributed by atoms with van der Waals surface area (Å²) in [6, 6.07) is 9.23. The molecule has 0 aliphatic rings. The van der Waals surface area contributed by atoms with Gasteiger partial charge in [-0.05, 0) is 55.7 Å². The Kier molecular flexibility index (Phi) is 5.66. The monoisotopic (exact) mass is 381 g/mol. The second-order valence-electron chi connectivity index (χ2n) is 6.29. The molecule has 1 amide bonds. The van der Waals surface area contributed by atoms with Crippen molar-refractivity contribution in [2.24, 2.45) is 0 Å². The molecule has 0 fully saturated rings. The number of carbonyl (C=O) groups is 1. The van der Waals surface area contributed by atoms with E-state index >= 15 is 0 Å². The first-order valence-electron chi connectivity index (χ1n) is 8.49. The molecule has 3 aromatic rings. The second kappa shape index (κ2) is 8.14. The van der Waals surface area contributed by atoms with E-state index in [9.17, 15) is 4.79 Å². The van der Waals surface area contributed by atoms with Gasteiger partial charge < -0.3 is 10.6 Å². The lowest BCUT2D eigenvalue weighted by Crippen LogP contribution is -2.24. The van der Waals surface area contributed by atoms with E-state index in [0.29, 0.717) is 28.9 Å². The van der Waals surface area contributed by atoms with Crippen molar-refractivity contribution in [3.63, 3.8) is 0 Å². The number of nitrogens with zero attached hydrogens (tertiary/aromatic N) is 3. The summed E-state index contributed by atoms with van der Waals surface area (Å²) >= 11 is 6.35. The van der Waals surface area contributed by atoms with Gasteiger partial charge in [0.15, 0.2) is 0 Å². The molecule has 7 heteroatoms. The molecule has 2 aromatic heterocycles. The highest BCUT2D eigenvalue weighted by atomic mass is 35.5. The fraction of sp³-hybridized carbons (Fsp3) is 0.200. The number of rotatable bonds is 5. The Bertz CT molecular complexity index is 952. The molecule has 2 heterocycles. The molecule has 3 rings (SSSR count). The van der Waals surface area contributed by atoms with Crippen molar-refractivity contribution in [1.29, 1.82) is 0 Å². The fourth-order valence-corrected chi connectivity index (χ4v) is 3.09. The van der Waals surface area contributed by atoms with Gasteiger partial charge in [-0.1, -0.05) is 17.7 Å². The summed E-state index contributed by atoms with van der Waals surface area (Å²) in [6.07, 6.45) is 3.37. The first kappa shape index (κ1) is 18.8. The molecule has 0 saturated carbocycles. The molecule has 1 aromatic carbocycles. The summed E-state index contributed by atoms with van der Waals surface area (Å²) in [5.41, 5.74) is 4.10. The quantitative estimate of drug-likeness (QED) is 0.694. The predicted octanol–water partition coefficient (Wildman–Crippen LogP) is 4.12. The van der Waals surface area contributed by atoms with Crippen LogP contribution in [0.15, 0.2) is 42.7 Å². The van der Waals surface area contributed by atoms with Gasteiger partial charge in [-0.25, -0.2) is 9.97 Å². The molecule has 0 spiro atoms. The number of carbonyl (C=O) groups excluding carboxylic acids is 1. The summed E-state index contributed by atoms with van der Waals surface area (Å²) in [6.45, 7) is 6.10. The number of hydrogen-bond acceptors (Lipinski definition) is 5. The molecule has 27 heavy (non-hydrogen) atoms. The van der Waals surface area contributed by atoms with E-state index in [-0.39, 0.29) is 5.91 Å². The van der Waals surface area contributed by atoms with Gasteiger partial charge in [-0.2, -0.15) is 0 Å². The highest BCUT2D eigenvalue weighted by Gasteiger charge is 2.12. The van der Waals surface area contributed by atoms with Crippen LogP contribution in [0, 0.1) is 20.8 Å². The molecule has 0 radical (unpaired) electrons. The molecule has 0 bridgehead atoms. The molecule has 138 valence electrons. The molecule has 0 unspecified atom stereocenters. The van der Waals surface area contributed by atoms with E-state index in [1.54, 1.807) is 25.4 Å². The van der Waals surface area contributed by atoms with E-state index in [0.717, 1.165) is 22.4 Å². The summed E-state index contributed by atoms with van der Waals surface area (Å²) in [4.78, 5) is 25.0. The van der Waals surface area contributed by atoms with Crippen LogP contribution in [0.4, 0.5) is 11.5 Å². The minimum Gasteiger partial charge on any atom is -0.347 e. The van der Waals surface area contributed by atoms with E-state index in [2.05, 4.69) is 25.6 Å². The van der Waals surface area contributed by atoms with Crippen molar-refractivity contribution in [3.05, 3.63) is 76.0 Å². The van der Waals surface area contributed by atoms with Crippen LogP contribution in [0.3, 0.4) is 0 Å². The maximum Gasteiger partial charge on any atom is 0.270 e.